The van der Waals surface area contributed by atoms with E-state index < -0.39 is 17.9 Å². The van der Waals surface area contributed by atoms with Crippen LogP contribution in [-0.2, 0) is 12.7 Å². The normalized spacial score (nSPS) is 11.4. The molecule has 0 spiro atoms. The first kappa shape index (κ1) is 14.5. The number of hydrogen-bond acceptors (Lipinski definition) is 4. The Morgan fingerprint density at radius 3 is 2.65 bits per heavy atom. The Morgan fingerprint density at radius 2 is 2.00 bits per heavy atom. The first-order valence-electron chi connectivity index (χ1n) is 5.47. The van der Waals surface area contributed by atoms with Gasteiger partial charge in [0.1, 0.15) is 5.75 Å². The number of nitrogens with zero attached hydrogens (tertiary/aromatic N) is 2. The highest BCUT2D eigenvalue weighted by Crippen LogP contribution is 2.30. The molecule has 0 saturated carbocycles. The lowest BCUT2D eigenvalue weighted by atomic mass is 10.2. The largest absolute Gasteiger partial charge is 0.433 e. The molecule has 0 aliphatic heterocycles. The molecule has 0 unspecified atom stereocenters. The lowest BCUT2D eigenvalue weighted by Gasteiger charge is -2.10. The molecule has 0 saturated heterocycles. The molecule has 0 aliphatic rings. The van der Waals surface area contributed by atoms with Gasteiger partial charge in [-0.15, -0.1) is 0 Å². The number of benzene rings is 1. The Bertz CT molecular complexity index is 619. The summed E-state index contributed by atoms with van der Waals surface area (Å²) in [5.41, 5.74) is 5.00. The maximum absolute atomic E-state index is 12.5. The third-order valence-corrected chi connectivity index (χ3v) is 2.61. The summed E-state index contributed by atoms with van der Waals surface area (Å²) in [6.07, 6.45) is -3.59. The van der Waals surface area contributed by atoms with Gasteiger partial charge in [-0.25, -0.2) is 4.98 Å². The van der Waals surface area contributed by atoms with Crippen LogP contribution in [0, 0.1) is 0 Å². The highest BCUT2D eigenvalue weighted by Gasteiger charge is 2.33. The van der Waals surface area contributed by atoms with Gasteiger partial charge in [0.15, 0.2) is 5.69 Å². The van der Waals surface area contributed by atoms with Crippen LogP contribution >= 0.6 is 11.6 Å². The molecule has 0 aliphatic carbocycles. The lowest BCUT2D eigenvalue weighted by molar-refractivity contribution is -0.141. The summed E-state index contributed by atoms with van der Waals surface area (Å²) < 4.78 is 42.8. The molecule has 2 N–H and O–H groups in total. The van der Waals surface area contributed by atoms with E-state index in [2.05, 4.69) is 9.97 Å². The zero-order valence-corrected chi connectivity index (χ0v) is 10.7. The van der Waals surface area contributed by atoms with Gasteiger partial charge < -0.3 is 10.5 Å². The molecule has 0 fully saturated rings. The second kappa shape index (κ2) is 5.64. The molecule has 0 radical (unpaired) electrons. The Hall–Kier alpha value is -1.86. The van der Waals surface area contributed by atoms with Crippen LogP contribution in [0.25, 0.3) is 0 Å². The van der Waals surface area contributed by atoms with E-state index in [-0.39, 0.29) is 12.3 Å². The average Bonchev–Trinajstić information content (AvgIpc) is 2.38. The molecular weight excluding hydrogens is 295 g/mol. The minimum absolute atomic E-state index is 0.144. The van der Waals surface area contributed by atoms with Crippen molar-refractivity contribution >= 4 is 11.6 Å². The molecule has 2 rings (SSSR count). The number of rotatable bonds is 3. The summed E-state index contributed by atoms with van der Waals surface area (Å²) in [5, 5.41) is 0.365. The Kier molecular flexibility index (Phi) is 4.10. The Balaban J connectivity index is 2.33. The number of halogens is 4. The minimum atomic E-state index is -4.56. The third-order valence-electron chi connectivity index (χ3n) is 2.37. The Morgan fingerprint density at radius 1 is 1.25 bits per heavy atom. The first-order chi connectivity index (χ1) is 9.40. The summed E-state index contributed by atoms with van der Waals surface area (Å²) in [6.45, 7) is 0.144. The fourth-order valence-electron chi connectivity index (χ4n) is 1.44. The highest BCUT2D eigenvalue weighted by atomic mass is 35.5. The lowest BCUT2D eigenvalue weighted by Crippen LogP contribution is -2.09. The van der Waals surface area contributed by atoms with E-state index >= 15 is 0 Å². The van der Waals surface area contributed by atoms with Crippen LogP contribution in [-0.4, -0.2) is 9.97 Å². The van der Waals surface area contributed by atoms with Gasteiger partial charge in [0.25, 0.3) is 0 Å². The van der Waals surface area contributed by atoms with Crippen LogP contribution in [0.2, 0.25) is 5.02 Å². The fourth-order valence-corrected chi connectivity index (χ4v) is 1.60. The summed E-state index contributed by atoms with van der Waals surface area (Å²) in [4.78, 5) is 6.94. The number of alkyl halides is 3. The van der Waals surface area contributed by atoms with Crippen LogP contribution < -0.4 is 10.5 Å². The van der Waals surface area contributed by atoms with Crippen LogP contribution in [0.4, 0.5) is 13.2 Å². The van der Waals surface area contributed by atoms with Gasteiger partial charge >= 0.3 is 12.2 Å². The van der Waals surface area contributed by atoms with Crippen LogP contribution in [0.5, 0.6) is 11.8 Å². The van der Waals surface area contributed by atoms with E-state index in [9.17, 15) is 13.2 Å². The van der Waals surface area contributed by atoms with Crippen molar-refractivity contribution in [3.63, 3.8) is 0 Å². The number of ether oxygens (including phenoxy) is 1. The quantitative estimate of drug-likeness (QED) is 0.944. The van der Waals surface area contributed by atoms with E-state index in [1.165, 1.54) is 6.07 Å². The average molecular weight is 304 g/mol. The highest BCUT2D eigenvalue weighted by molar-refractivity contribution is 6.30. The van der Waals surface area contributed by atoms with E-state index in [0.29, 0.717) is 10.6 Å². The molecule has 1 heterocycles. The predicted molar refractivity (Wildman–Crippen MR) is 66.5 cm³/mol. The second-order valence-corrected chi connectivity index (χ2v) is 4.22. The van der Waals surface area contributed by atoms with Crippen molar-refractivity contribution < 1.29 is 17.9 Å². The molecule has 1 aromatic heterocycles. The first-order valence-corrected chi connectivity index (χ1v) is 5.84. The topological polar surface area (TPSA) is 61.0 Å². The molecule has 0 bridgehead atoms. The molecule has 1 aromatic carbocycles. The maximum Gasteiger partial charge on any atom is 0.433 e. The van der Waals surface area contributed by atoms with Crippen LogP contribution in [0.15, 0.2) is 30.5 Å². The van der Waals surface area contributed by atoms with E-state index in [1.54, 1.807) is 12.1 Å². The molecule has 0 atom stereocenters. The van der Waals surface area contributed by atoms with Crippen molar-refractivity contribution in [3.05, 3.63) is 46.7 Å². The van der Waals surface area contributed by atoms with Crippen molar-refractivity contribution in [2.75, 3.05) is 0 Å². The standard InChI is InChI=1S/C12H9ClF3N3O/c13-8-2-1-7(6-17)9(5-8)20-11-18-4-3-10(19-11)12(14,15)16/h1-5H,6,17H2. The summed E-state index contributed by atoms with van der Waals surface area (Å²) in [7, 11) is 0. The molecule has 4 nitrogen and oxygen atoms in total. The predicted octanol–water partition coefficient (Wildman–Crippen LogP) is 3.40. The van der Waals surface area contributed by atoms with Crippen molar-refractivity contribution in [3.8, 4) is 11.8 Å². The van der Waals surface area contributed by atoms with Gasteiger partial charge in [-0.3, -0.25) is 0 Å². The van der Waals surface area contributed by atoms with Crippen molar-refractivity contribution in [1.82, 2.24) is 9.97 Å². The van der Waals surface area contributed by atoms with Gasteiger partial charge in [-0.05, 0) is 18.2 Å². The fraction of sp³-hybridized carbons (Fsp3) is 0.167. The van der Waals surface area contributed by atoms with Gasteiger partial charge in [0.2, 0.25) is 0 Å². The van der Waals surface area contributed by atoms with Gasteiger partial charge in [0, 0.05) is 23.3 Å². The zero-order valence-electron chi connectivity index (χ0n) is 9.99. The minimum Gasteiger partial charge on any atom is -0.424 e. The van der Waals surface area contributed by atoms with Crippen LogP contribution in [0.1, 0.15) is 11.3 Å². The summed E-state index contributed by atoms with van der Waals surface area (Å²) >= 11 is 5.80. The molecule has 0 amide bonds. The number of nitrogens with two attached hydrogens (primary N) is 1. The van der Waals surface area contributed by atoms with E-state index in [1.807, 2.05) is 0 Å². The zero-order chi connectivity index (χ0) is 14.8. The SMILES string of the molecule is NCc1ccc(Cl)cc1Oc1nccc(C(F)(F)F)n1. The molecule has 20 heavy (non-hydrogen) atoms. The summed E-state index contributed by atoms with van der Waals surface area (Å²) in [6, 6.07) is 4.99. The number of aromatic nitrogens is 2. The van der Waals surface area contributed by atoms with Gasteiger partial charge in [-0.2, -0.15) is 18.2 Å². The number of hydrogen-bond donors (Lipinski definition) is 1. The van der Waals surface area contributed by atoms with Gasteiger partial charge in [0.05, 0.1) is 0 Å². The Labute approximate surface area is 117 Å². The third kappa shape index (κ3) is 3.37. The maximum atomic E-state index is 12.5. The monoisotopic (exact) mass is 303 g/mol. The van der Waals surface area contributed by atoms with Gasteiger partial charge in [-0.1, -0.05) is 17.7 Å². The van der Waals surface area contributed by atoms with Crippen LogP contribution in [0.3, 0.4) is 0 Å². The second-order valence-electron chi connectivity index (χ2n) is 3.78. The molecule has 106 valence electrons. The van der Waals surface area contributed by atoms with E-state index in [0.717, 1.165) is 12.3 Å². The molecule has 2 aromatic rings. The van der Waals surface area contributed by atoms with Crippen molar-refractivity contribution in [2.24, 2.45) is 5.73 Å². The molecule has 8 heteroatoms. The smallest absolute Gasteiger partial charge is 0.424 e. The van der Waals surface area contributed by atoms with Crippen molar-refractivity contribution in [2.45, 2.75) is 12.7 Å². The molecular formula is C12H9ClF3N3O. The van der Waals surface area contributed by atoms with Crippen molar-refractivity contribution in [1.29, 1.82) is 0 Å². The summed E-state index contributed by atoms with van der Waals surface area (Å²) in [5.74, 6) is 0.222. The van der Waals surface area contributed by atoms with E-state index in [4.69, 9.17) is 22.1 Å².